The van der Waals surface area contributed by atoms with E-state index in [2.05, 4.69) is 40.2 Å². The molecule has 1 fully saturated rings. The first-order chi connectivity index (χ1) is 13.2. The molecule has 5 nitrogen and oxygen atoms in total. The van der Waals surface area contributed by atoms with Crippen LogP contribution in [0, 0.1) is 0 Å². The molecule has 2 aromatic carbocycles. The summed E-state index contributed by atoms with van der Waals surface area (Å²) in [5.41, 5.74) is 2.38. The number of ether oxygens (including phenoxy) is 1. The Morgan fingerprint density at radius 3 is 2.41 bits per heavy atom. The maximum Gasteiger partial charge on any atom is 0.234 e. The largest absolute Gasteiger partial charge is 0.495 e. The molecule has 0 aromatic heterocycles. The van der Waals surface area contributed by atoms with E-state index in [0.717, 1.165) is 37.6 Å². The lowest BCUT2D eigenvalue weighted by molar-refractivity contribution is -0.122. The summed E-state index contributed by atoms with van der Waals surface area (Å²) in [5.74, 6) is 1.32. The van der Waals surface area contributed by atoms with Crippen LogP contribution in [0.1, 0.15) is 18.4 Å². The standard InChI is InChI=1S/C22H29N3O2/c1-18(19-8-4-3-5-9-19)16-23-22(26)17-24-12-14-25(15-13-24)20-10-6-7-11-21(20)27-2/h3-11,18H,12-17H2,1-2H3,(H,23,26)/t18-/m0/s1. The number of anilines is 1. The molecule has 144 valence electrons. The van der Waals surface area contributed by atoms with Crippen LogP contribution >= 0.6 is 0 Å². The number of rotatable bonds is 7. The lowest BCUT2D eigenvalue weighted by Gasteiger charge is -2.36. The molecule has 27 heavy (non-hydrogen) atoms. The van der Waals surface area contributed by atoms with Gasteiger partial charge >= 0.3 is 0 Å². The van der Waals surface area contributed by atoms with E-state index in [1.165, 1.54) is 5.56 Å². The maximum absolute atomic E-state index is 12.3. The second-order valence-electron chi connectivity index (χ2n) is 7.05. The van der Waals surface area contributed by atoms with Gasteiger partial charge in [0, 0.05) is 32.7 Å². The topological polar surface area (TPSA) is 44.8 Å². The third-order valence-electron chi connectivity index (χ3n) is 5.14. The fraction of sp³-hybridized carbons (Fsp3) is 0.409. The van der Waals surface area contributed by atoms with Gasteiger partial charge in [0.1, 0.15) is 5.75 Å². The fourth-order valence-corrected chi connectivity index (χ4v) is 3.46. The van der Waals surface area contributed by atoms with Gasteiger partial charge in [0.15, 0.2) is 0 Å². The molecule has 1 aliphatic rings. The van der Waals surface area contributed by atoms with Gasteiger partial charge in [-0.3, -0.25) is 9.69 Å². The molecule has 0 saturated carbocycles. The highest BCUT2D eigenvalue weighted by Crippen LogP contribution is 2.28. The van der Waals surface area contributed by atoms with E-state index >= 15 is 0 Å². The van der Waals surface area contributed by atoms with E-state index < -0.39 is 0 Å². The molecule has 2 aromatic rings. The van der Waals surface area contributed by atoms with Crippen LogP contribution in [0.5, 0.6) is 5.75 Å². The third-order valence-corrected chi connectivity index (χ3v) is 5.14. The summed E-state index contributed by atoms with van der Waals surface area (Å²) in [5, 5.41) is 3.08. The molecule has 5 heteroatoms. The highest BCUT2D eigenvalue weighted by atomic mass is 16.5. The number of nitrogens with one attached hydrogen (secondary N) is 1. The molecule has 0 bridgehead atoms. The highest BCUT2D eigenvalue weighted by Gasteiger charge is 2.21. The summed E-state index contributed by atoms with van der Waals surface area (Å²) in [6.45, 7) is 6.81. The number of hydrogen-bond donors (Lipinski definition) is 1. The zero-order valence-corrected chi connectivity index (χ0v) is 16.2. The van der Waals surface area contributed by atoms with Crippen molar-refractivity contribution in [3.8, 4) is 5.75 Å². The number of methoxy groups -OCH3 is 1. The molecule has 0 unspecified atom stereocenters. The van der Waals surface area contributed by atoms with Crippen LogP contribution in [0.25, 0.3) is 0 Å². The van der Waals surface area contributed by atoms with Crippen molar-refractivity contribution in [3.05, 3.63) is 60.2 Å². The van der Waals surface area contributed by atoms with E-state index in [1.807, 2.05) is 36.4 Å². The number of piperazine rings is 1. The quantitative estimate of drug-likeness (QED) is 0.817. The molecule has 3 rings (SSSR count). The molecule has 1 amide bonds. The second kappa shape index (κ2) is 9.42. The Morgan fingerprint density at radius 2 is 1.70 bits per heavy atom. The number of carbonyl (C=O) groups is 1. The molecule has 1 heterocycles. The van der Waals surface area contributed by atoms with Gasteiger partial charge in [0.05, 0.1) is 19.3 Å². The minimum Gasteiger partial charge on any atom is -0.495 e. The van der Waals surface area contributed by atoms with Crippen molar-refractivity contribution in [2.24, 2.45) is 0 Å². The van der Waals surface area contributed by atoms with Crippen LogP contribution in [-0.4, -0.2) is 57.2 Å². The fourth-order valence-electron chi connectivity index (χ4n) is 3.46. The van der Waals surface area contributed by atoms with E-state index in [9.17, 15) is 4.79 Å². The molecule has 1 aliphatic heterocycles. The lowest BCUT2D eigenvalue weighted by Crippen LogP contribution is -2.49. The molecule has 0 spiro atoms. The smallest absolute Gasteiger partial charge is 0.234 e. The summed E-state index contributed by atoms with van der Waals surface area (Å²) in [6.07, 6.45) is 0. The summed E-state index contributed by atoms with van der Waals surface area (Å²) in [4.78, 5) is 16.9. The predicted octanol–water partition coefficient (Wildman–Crippen LogP) is 2.74. The molecule has 0 aliphatic carbocycles. The zero-order chi connectivity index (χ0) is 19.1. The van der Waals surface area contributed by atoms with Crippen molar-refractivity contribution < 1.29 is 9.53 Å². The van der Waals surface area contributed by atoms with Gasteiger partial charge in [-0.25, -0.2) is 0 Å². The van der Waals surface area contributed by atoms with Crippen LogP contribution < -0.4 is 15.0 Å². The van der Waals surface area contributed by atoms with Gasteiger partial charge in [0.2, 0.25) is 5.91 Å². The van der Waals surface area contributed by atoms with Gasteiger partial charge in [-0.1, -0.05) is 49.4 Å². The van der Waals surface area contributed by atoms with Gasteiger partial charge in [-0.15, -0.1) is 0 Å². The normalized spacial score (nSPS) is 16.0. The van der Waals surface area contributed by atoms with E-state index in [4.69, 9.17) is 4.74 Å². The van der Waals surface area contributed by atoms with Crippen molar-refractivity contribution >= 4 is 11.6 Å². The first-order valence-corrected chi connectivity index (χ1v) is 9.59. The van der Waals surface area contributed by atoms with Crippen molar-refractivity contribution in [1.29, 1.82) is 0 Å². The average molecular weight is 367 g/mol. The van der Waals surface area contributed by atoms with Crippen LogP contribution in [-0.2, 0) is 4.79 Å². The summed E-state index contributed by atoms with van der Waals surface area (Å²) >= 11 is 0. The summed E-state index contributed by atoms with van der Waals surface area (Å²) < 4.78 is 5.46. The summed E-state index contributed by atoms with van der Waals surface area (Å²) in [6, 6.07) is 18.4. The van der Waals surface area contributed by atoms with Crippen LogP contribution in [0.4, 0.5) is 5.69 Å². The van der Waals surface area contributed by atoms with Crippen molar-refractivity contribution in [2.75, 3.05) is 51.3 Å². The van der Waals surface area contributed by atoms with Crippen LogP contribution in [0.2, 0.25) is 0 Å². The number of hydrogen-bond acceptors (Lipinski definition) is 4. The first kappa shape index (κ1) is 19.2. The predicted molar refractivity (Wildman–Crippen MR) is 110 cm³/mol. The molecular formula is C22H29N3O2. The first-order valence-electron chi connectivity index (χ1n) is 9.59. The highest BCUT2D eigenvalue weighted by molar-refractivity contribution is 5.78. The van der Waals surface area contributed by atoms with Gasteiger partial charge < -0.3 is 15.0 Å². The molecular weight excluding hydrogens is 338 g/mol. The Hall–Kier alpha value is -2.53. The SMILES string of the molecule is COc1ccccc1N1CCN(CC(=O)NC[C@H](C)c2ccccc2)CC1. The van der Waals surface area contributed by atoms with Crippen LogP contribution in [0.3, 0.4) is 0 Å². The molecule has 1 atom stereocenters. The van der Waals surface area contributed by atoms with E-state index in [1.54, 1.807) is 7.11 Å². The number of benzene rings is 2. The lowest BCUT2D eigenvalue weighted by atomic mass is 10.0. The van der Waals surface area contributed by atoms with Gasteiger partial charge in [-0.2, -0.15) is 0 Å². The Balaban J connectivity index is 1.43. The average Bonchev–Trinajstić information content (AvgIpc) is 2.73. The Bertz CT molecular complexity index is 727. The Labute approximate surface area is 161 Å². The maximum atomic E-state index is 12.3. The Kier molecular flexibility index (Phi) is 6.71. The second-order valence-corrected chi connectivity index (χ2v) is 7.05. The number of carbonyl (C=O) groups excluding carboxylic acids is 1. The van der Waals surface area contributed by atoms with Crippen molar-refractivity contribution in [1.82, 2.24) is 10.2 Å². The van der Waals surface area contributed by atoms with Gasteiger partial charge in [0.25, 0.3) is 0 Å². The monoisotopic (exact) mass is 367 g/mol. The zero-order valence-electron chi connectivity index (χ0n) is 16.2. The molecule has 1 N–H and O–H groups in total. The number of amides is 1. The van der Waals surface area contributed by atoms with E-state index in [-0.39, 0.29) is 5.91 Å². The van der Waals surface area contributed by atoms with Crippen LogP contribution in [0.15, 0.2) is 54.6 Å². The minimum absolute atomic E-state index is 0.100. The van der Waals surface area contributed by atoms with Crippen molar-refractivity contribution in [3.63, 3.8) is 0 Å². The molecule has 0 radical (unpaired) electrons. The van der Waals surface area contributed by atoms with Crippen molar-refractivity contribution in [2.45, 2.75) is 12.8 Å². The minimum atomic E-state index is 0.100. The number of para-hydroxylation sites is 2. The third kappa shape index (κ3) is 5.23. The molecule has 1 saturated heterocycles. The van der Waals surface area contributed by atoms with Gasteiger partial charge in [-0.05, 0) is 23.6 Å². The Morgan fingerprint density at radius 1 is 1.04 bits per heavy atom. The number of nitrogens with zero attached hydrogens (tertiary/aromatic N) is 2. The van der Waals surface area contributed by atoms with E-state index in [0.29, 0.717) is 19.0 Å². The summed E-state index contributed by atoms with van der Waals surface area (Å²) in [7, 11) is 1.70.